The fraction of sp³-hybridized carbons (Fsp3) is 0.500. The number of aromatic nitrogens is 3. The minimum absolute atomic E-state index is 0.0610. The topological polar surface area (TPSA) is 74.3 Å². The van der Waals surface area contributed by atoms with Gasteiger partial charge in [-0.3, -0.25) is 10.00 Å². The van der Waals surface area contributed by atoms with Crippen molar-refractivity contribution in [2.75, 3.05) is 19.7 Å². The molecule has 0 unspecified atom stereocenters. The Balaban J connectivity index is 1.59. The van der Waals surface area contributed by atoms with Gasteiger partial charge < -0.3 is 9.84 Å². The summed E-state index contributed by atoms with van der Waals surface area (Å²) in [4.78, 5) is 6.69. The molecule has 2 N–H and O–H groups in total. The van der Waals surface area contributed by atoms with Crippen LogP contribution < -0.4 is 4.74 Å². The molecule has 6 heteroatoms. The highest BCUT2D eigenvalue weighted by atomic mass is 16.5. The molecule has 2 aromatic rings. The van der Waals surface area contributed by atoms with Crippen LogP contribution in [0, 0.1) is 0 Å². The van der Waals surface area contributed by atoms with Crippen molar-refractivity contribution in [1.82, 2.24) is 20.1 Å². The summed E-state index contributed by atoms with van der Waals surface area (Å²) >= 11 is 0. The molecule has 1 aliphatic rings. The number of aliphatic hydroxyl groups excluding tert-OH is 1. The smallest absolute Gasteiger partial charge is 0.167 e. The fourth-order valence-electron chi connectivity index (χ4n) is 2.81. The summed E-state index contributed by atoms with van der Waals surface area (Å²) in [5, 5.41) is 17.2. The average Bonchev–Trinajstić information content (AvgIpc) is 3.14. The number of aliphatic hydroxyl groups is 1. The van der Waals surface area contributed by atoms with E-state index in [0.29, 0.717) is 19.6 Å². The molecule has 0 spiro atoms. The van der Waals surface area contributed by atoms with Crippen molar-refractivity contribution in [3.63, 3.8) is 0 Å². The lowest BCUT2D eigenvalue weighted by Crippen LogP contribution is -2.29. The van der Waals surface area contributed by atoms with Crippen LogP contribution in [-0.4, -0.2) is 51.0 Å². The maximum Gasteiger partial charge on any atom is 0.167 e. The number of rotatable bonds is 6. The Morgan fingerprint density at radius 1 is 1.36 bits per heavy atom. The second kappa shape index (κ2) is 6.89. The summed E-state index contributed by atoms with van der Waals surface area (Å²) in [6.45, 7) is 4.00. The van der Waals surface area contributed by atoms with Gasteiger partial charge in [0.1, 0.15) is 18.2 Å². The molecule has 0 bridgehead atoms. The number of β-amino-alcohol motifs (C(OH)–C–C–N with tert-alkyl or cyclic N) is 1. The van der Waals surface area contributed by atoms with Crippen LogP contribution in [0.15, 0.2) is 30.3 Å². The van der Waals surface area contributed by atoms with E-state index in [1.54, 1.807) is 0 Å². The zero-order chi connectivity index (χ0) is 15.4. The summed E-state index contributed by atoms with van der Waals surface area (Å²) in [6, 6.07) is 9.83. The van der Waals surface area contributed by atoms with Gasteiger partial charge in [-0.1, -0.05) is 25.1 Å². The molecule has 1 aromatic heterocycles. The molecular weight excluding hydrogens is 280 g/mol. The molecule has 118 valence electrons. The molecule has 0 amide bonds. The van der Waals surface area contributed by atoms with Gasteiger partial charge in [0.05, 0.1) is 12.1 Å². The van der Waals surface area contributed by atoms with Crippen molar-refractivity contribution in [1.29, 1.82) is 0 Å². The molecule has 3 rings (SSSR count). The van der Waals surface area contributed by atoms with E-state index in [2.05, 4.69) is 20.1 Å². The van der Waals surface area contributed by atoms with Gasteiger partial charge in [0, 0.05) is 19.5 Å². The van der Waals surface area contributed by atoms with Gasteiger partial charge in [-0.05, 0) is 18.6 Å². The molecule has 1 aromatic carbocycles. The monoisotopic (exact) mass is 302 g/mol. The second-order valence-electron chi connectivity index (χ2n) is 5.56. The first-order valence-corrected chi connectivity index (χ1v) is 7.77. The molecule has 0 aliphatic carbocycles. The lowest BCUT2D eigenvalue weighted by atomic mass is 10.2. The normalized spacial score (nSPS) is 22.1. The predicted molar refractivity (Wildman–Crippen MR) is 82.6 cm³/mol. The Labute approximate surface area is 130 Å². The number of para-hydroxylation sites is 1. The Morgan fingerprint density at radius 2 is 2.18 bits per heavy atom. The van der Waals surface area contributed by atoms with Gasteiger partial charge in [-0.2, -0.15) is 5.10 Å². The van der Waals surface area contributed by atoms with Crippen LogP contribution in [0.3, 0.4) is 0 Å². The number of likely N-dealkylation sites (tertiary alicyclic amines) is 1. The molecule has 1 saturated heterocycles. The maximum absolute atomic E-state index is 9.96. The van der Waals surface area contributed by atoms with E-state index < -0.39 is 0 Å². The zero-order valence-corrected chi connectivity index (χ0v) is 12.8. The van der Waals surface area contributed by atoms with Crippen molar-refractivity contribution < 1.29 is 9.84 Å². The number of aryl methyl sites for hydroxylation is 1. The van der Waals surface area contributed by atoms with Crippen LogP contribution in [0.1, 0.15) is 31.0 Å². The number of ether oxygens (including phenoxy) is 1. The quantitative estimate of drug-likeness (QED) is 0.847. The summed E-state index contributed by atoms with van der Waals surface area (Å²) < 4.78 is 5.74. The molecule has 2 heterocycles. The molecule has 22 heavy (non-hydrogen) atoms. The van der Waals surface area contributed by atoms with Crippen LogP contribution >= 0.6 is 0 Å². The summed E-state index contributed by atoms with van der Waals surface area (Å²) in [5.41, 5.74) is 0. The number of H-pyrrole nitrogens is 1. The van der Waals surface area contributed by atoms with E-state index in [-0.39, 0.29) is 12.1 Å². The number of hydrogen-bond donors (Lipinski definition) is 2. The third-order valence-electron chi connectivity index (χ3n) is 3.95. The highest BCUT2D eigenvalue weighted by Gasteiger charge is 2.34. The number of nitrogens with zero attached hydrogens (tertiary/aromatic N) is 3. The molecule has 6 nitrogen and oxygen atoms in total. The van der Waals surface area contributed by atoms with Gasteiger partial charge in [-0.15, -0.1) is 0 Å². The lowest BCUT2D eigenvalue weighted by molar-refractivity contribution is 0.161. The highest BCUT2D eigenvalue weighted by Crippen LogP contribution is 2.29. The Morgan fingerprint density at radius 3 is 2.91 bits per heavy atom. The first-order chi connectivity index (χ1) is 10.8. The van der Waals surface area contributed by atoms with Crippen LogP contribution in [0.5, 0.6) is 5.75 Å². The number of aromatic amines is 1. The van der Waals surface area contributed by atoms with E-state index >= 15 is 0 Å². The third-order valence-corrected chi connectivity index (χ3v) is 3.95. The summed E-state index contributed by atoms with van der Waals surface area (Å²) in [7, 11) is 0. The minimum atomic E-state index is -0.328. The molecular formula is C16H22N4O2. The molecule has 2 atom stereocenters. The lowest BCUT2D eigenvalue weighted by Gasteiger charge is -2.21. The predicted octanol–water partition coefficient (Wildman–Crippen LogP) is 1.55. The number of hydrogen-bond acceptors (Lipinski definition) is 5. The summed E-state index contributed by atoms with van der Waals surface area (Å²) in [5.74, 6) is 2.52. The average molecular weight is 302 g/mol. The molecule has 0 saturated carbocycles. The first kappa shape index (κ1) is 15.0. The van der Waals surface area contributed by atoms with E-state index in [1.165, 1.54) is 0 Å². The highest BCUT2D eigenvalue weighted by molar-refractivity contribution is 5.20. The van der Waals surface area contributed by atoms with Crippen LogP contribution in [0.4, 0.5) is 0 Å². The fourth-order valence-corrected chi connectivity index (χ4v) is 2.81. The van der Waals surface area contributed by atoms with Gasteiger partial charge in [0.2, 0.25) is 0 Å². The van der Waals surface area contributed by atoms with Crippen molar-refractivity contribution in [2.45, 2.75) is 31.9 Å². The van der Waals surface area contributed by atoms with E-state index in [4.69, 9.17) is 4.74 Å². The van der Waals surface area contributed by atoms with Gasteiger partial charge in [0.15, 0.2) is 5.82 Å². The standard InChI is InChI=1S/C16H22N4O2/c1-2-15-17-16(19-18-15)14-10-12(21)11-20(14)8-9-22-13-6-4-3-5-7-13/h3-7,12,14,21H,2,8-11H2,1H3,(H,17,18,19)/t12-,14+/m1/s1. The van der Waals surface area contributed by atoms with E-state index in [9.17, 15) is 5.11 Å². The van der Waals surface area contributed by atoms with Crippen LogP contribution in [0.2, 0.25) is 0 Å². The van der Waals surface area contributed by atoms with Crippen molar-refractivity contribution in [3.05, 3.63) is 42.0 Å². The third kappa shape index (κ3) is 3.45. The van der Waals surface area contributed by atoms with Crippen molar-refractivity contribution in [2.24, 2.45) is 0 Å². The number of nitrogens with one attached hydrogen (secondary N) is 1. The van der Waals surface area contributed by atoms with Crippen LogP contribution in [0.25, 0.3) is 0 Å². The van der Waals surface area contributed by atoms with Gasteiger partial charge >= 0.3 is 0 Å². The molecule has 0 radical (unpaired) electrons. The molecule has 1 aliphatic heterocycles. The second-order valence-corrected chi connectivity index (χ2v) is 5.56. The van der Waals surface area contributed by atoms with Crippen molar-refractivity contribution in [3.8, 4) is 5.75 Å². The maximum atomic E-state index is 9.96. The van der Waals surface area contributed by atoms with Crippen molar-refractivity contribution >= 4 is 0 Å². The Bertz CT molecular complexity index is 587. The Hall–Kier alpha value is -1.92. The van der Waals surface area contributed by atoms with Gasteiger partial charge in [-0.25, -0.2) is 4.98 Å². The van der Waals surface area contributed by atoms with Gasteiger partial charge in [0.25, 0.3) is 0 Å². The van der Waals surface area contributed by atoms with Crippen LogP contribution in [-0.2, 0) is 6.42 Å². The summed E-state index contributed by atoms with van der Waals surface area (Å²) in [6.07, 6.45) is 1.18. The Kier molecular flexibility index (Phi) is 4.70. The largest absolute Gasteiger partial charge is 0.492 e. The number of benzene rings is 1. The molecule has 1 fully saturated rings. The van der Waals surface area contributed by atoms with E-state index in [1.807, 2.05) is 37.3 Å². The SMILES string of the molecule is CCc1nc([C@@H]2C[C@@H](O)CN2CCOc2ccccc2)n[nH]1. The zero-order valence-electron chi connectivity index (χ0n) is 12.8. The first-order valence-electron chi connectivity index (χ1n) is 7.77. The van der Waals surface area contributed by atoms with E-state index in [0.717, 1.165) is 30.4 Å². The minimum Gasteiger partial charge on any atom is -0.492 e.